The number of hydrogen-bond acceptors (Lipinski definition) is 6. The Hall–Kier alpha value is -2.96. The predicted molar refractivity (Wildman–Crippen MR) is 119 cm³/mol. The molecule has 3 aromatic rings. The standard InChI is InChI=1S/C24H23ClO6/c1-14(26)15-10-17(11-15)29-8-9-30-22-7-6-16(28-2)12-19(22)23-13-21(27)18-4-3-5-20(25)24(18)31-23/h3-7,12-13,15,17,26H,1,8-11H2,2H3. The van der Waals surface area contributed by atoms with Gasteiger partial charge in [-0.2, -0.15) is 0 Å². The molecule has 6 nitrogen and oxygen atoms in total. The molecule has 1 saturated carbocycles. The number of ether oxygens (including phenoxy) is 3. The van der Waals surface area contributed by atoms with Gasteiger partial charge in [-0.25, -0.2) is 0 Å². The van der Waals surface area contributed by atoms with Crippen LogP contribution in [-0.4, -0.2) is 31.5 Å². The molecule has 1 aromatic heterocycles. The summed E-state index contributed by atoms with van der Waals surface area (Å²) in [5, 5.41) is 10.1. The average Bonchev–Trinajstić information content (AvgIpc) is 2.72. The Morgan fingerprint density at radius 1 is 1.23 bits per heavy atom. The summed E-state index contributed by atoms with van der Waals surface area (Å²) in [7, 11) is 1.56. The Labute approximate surface area is 184 Å². The van der Waals surface area contributed by atoms with Crippen molar-refractivity contribution in [1.82, 2.24) is 0 Å². The molecule has 0 spiro atoms. The number of fused-ring (bicyclic) bond motifs is 1. The Morgan fingerprint density at radius 2 is 2.03 bits per heavy atom. The van der Waals surface area contributed by atoms with Crippen molar-refractivity contribution in [3.8, 4) is 22.8 Å². The lowest BCUT2D eigenvalue weighted by molar-refractivity contribution is -0.0388. The maximum Gasteiger partial charge on any atom is 0.193 e. The van der Waals surface area contributed by atoms with Gasteiger partial charge >= 0.3 is 0 Å². The lowest BCUT2D eigenvalue weighted by Gasteiger charge is -2.34. The number of aliphatic hydroxyl groups is 1. The highest BCUT2D eigenvalue weighted by molar-refractivity contribution is 6.34. The first-order chi connectivity index (χ1) is 15.0. The van der Waals surface area contributed by atoms with E-state index in [1.54, 1.807) is 43.5 Å². The molecular weight excluding hydrogens is 420 g/mol. The number of aliphatic hydroxyl groups excluding tert-OH is 1. The van der Waals surface area contributed by atoms with Crippen molar-refractivity contribution in [2.45, 2.75) is 18.9 Å². The van der Waals surface area contributed by atoms with E-state index in [9.17, 15) is 9.90 Å². The molecule has 1 N–H and O–H groups in total. The van der Waals surface area contributed by atoms with E-state index in [0.717, 1.165) is 12.8 Å². The molecule has 0 radical (unpaired) electrons. The van der Waals surface area contributed by atoms with E-state index in [0.29, 0.717) is 52.0 Å². The second-order valence-corrected chi connectivity index (χ2v) is 7.86. The first kappa shape index (κ1) is 21.3. The van der Waals surface area contributed by atoms with Crippen molar-refractivity contribution in [2.75, 3.05) is 20.3 Å². The highest BCUT2D eigenvalue weighted by Crippen LogP contribution is 2.36. The van der Waals surface area contributed by atoms with Gasteiger partial charge in [-0.3, -0.25) is 4.79 Å². The van der Waals surface area contributed by atoms with Crippen molar-refractivity contribution in [1.29, 1.82) is 0 Å². The van der Waals surface area contributed by atoms with Crippen LogP contribution in [0.3, 0.4) is 0 Å². The number of allylic oxidation sites excluding steroid dienone is 1. The van der Waals surface area contributed by atoms with Gasteiger partial charge in [-0.05, 0) is 43.2 Å². The smallest absolute Gasteiger partial charge is 0.193 e. The van der Waals surface area contributed by atoms with Crippen LogP contribution < -0.4 is 14.9 Å². The maximum absolute atomic E-state index is 12.6. The van der Waals surface area contributed by atoms with Gasteiger partial charge in [0.1, 0.15) is 23.9 Å². The van der Waals surface area contributed by atoms with Gasteiger partial charge in [0.05, 0.1) is 41.6 Å². The van der Waals surface area contributed by atoms with E-state index in [1.807, 2.05) is 0 Å². The molecule has 2 aromatic carbocycles. The number of methoxy groups -OCH3 is 1. The number of para-hydroxylation sites is 1. The molecule has 0 atom stereocenters. The number of benzene rings is 2. The highest BCUT2D eigenvalue weighted by atomic mass is 35.5. The molecule has 162 valence electrons. The Kier molecular flexibility index (Phi) is 6.20. The second-order valence-electron chi connectivity index (χ2n) is 7.45. The van der Waals surface area contributed by atoms with Crippen LogP contribution in [0.15, 0.2) is 64.0 Å². The van der Waals surface area contributed by atoms with Gasteiger partial charge in [-0.15, -0.1) is 0 Å². The van der Waals surface area contributed by atoms with E-state index < -0.39 is 0 Å². The van der Waals surface area contributed by atoms with Crippen LogP contribution in [0.4, 0.5) is 0 Å². The molecule has 1 aliphatic carbocycles. The summed E-state index contributed by atoms with van der Waals surface area (Å²) < 4.78 is 23.0. The van der Waals surface area contributed by atoms with Gasteiger partial charge in [0.15, 0.2) is 11.0 Å². The Bertz CT molecular complexity index is 1160. The molecule has 0 unspecified atom stereocenters. The molecule has 0 bridgehead atoms. The van der Waals surface area contributed by atoms with Crippen molar-refractivity contribution in [2.24, 2.45) is 5.92 Å². The minimum Gasteiger partial charge on any atom is -0.513 e. The average molecular weight is 443 g/mol. The van der Waals surface area contributed by atoms with Crippen LogP contribution >= 0.6 is 11.6 Å². The van der Waals surface area contributed by atoms with E-state index in [-0.39, 0.29) is 23.2 Å². The van der Waals surface area contributed by atoms with Gasteiger partial charge in [0.2, 0.25) is 0 Å². The van der Waals surface area contributed by atoms with Gasteiger partial charge in [-0.1, -0.05) is 24.2 Å². The van der Waals surface area contributed by atoms with E-state index in [4.69, 9.17) is 30.2 Å². The first-order valence-electron chi connectivity index (χ1n) is 9.99. The quantitative estimate of drug-likeness (QED) is 0.373. The molecule has 4 rings (SSSR count). The highest BCUT2D eigenvalue weighted by Gasteiger charge is 2.31. The van der Waals surface area contributed by atoms with Crippen molar-refractivity contribution in [3.05, 3.63) is 70.0 Å². The number of halogens is 1. The predicted octanol–water partition coefficient (Wildman–Crippen LogP) is 5.37. The van der Waals surface area contributed by atoms with Crippen LogP contribution in [0.1, 0.15) is 12.8 Å². The van der Waals surface area contributed by atoms with E-state index in [1.165, 1.54) is 6.07 Å². The molecule has 1 aliphatic rings. The summed E-state index contributed by atoms with van der Waals surface area (Å²) in [6.45, 7) is 4.27. The summed E-state index contributed by atoms with van der Waals surface area (Å²) in [5.74, 6) is 1.82. The Morgan fingerprint density at radius 3 is 2.77 bits per heavy atom. The van der Waals surface area contributed by atoms with E-state index >= 15 is 0 Å². The maximum atomic E-state index is 12.6. The fourth-order valence-corrected chi connectivity index (χ4v) is 3.78. The SMILES string of the molecule is C=C(O)C1CC(OCCOc2ccc(OC)cc2-c2cc(=O)c3cccc(Cl)c3o2)C1. The molecule has 0 amide bonds. The molecule has 1 fully saturated rings. The fraction of sp³-hybridized carbons (Fsp3) is 0.292. The van der Waals surface area contributed by atoms with Gasteiger partial charge in [0.25, 0.3) is 0 Å². The van der Waals surface area contributed by atoms with Crippen molar-refractivity contribution >= 4 is 22.6 Å². The van der Waals surface area contributed by atoms with Crippen LogP contribution in [-0.2, 0) is 4.74 Å². The lowest BCUT2D eigenvalue weighted by atomic mass is 9.81. The molecule has 7 heteroatoms. The van der Waals surface area contributed by atoms with Crippen molar-refractivity contribution < 1.29 is 23.7 Å². The molecule has 1 heterocycles. The lowest BCUT2D eigenvalue weighted by Crippen LogP contribution is -2.33. The monoisotopic (exact) mass is 442 g/mol. The largest absolute Gasteiger partial charge is 0.513 e. The Balaban J connectivity index is 1.53. The zero-order valence-electron chi connectivity index (χ0n) is 17.1. The molecule has 31 heavy (non-hydrogen) atoms. The summed E-state index contributed by atoms with van der Waals surface area (Å²) >= 11 is 6.24. The topological polar surface area (TPSA) is 78.1 Å². The zero-order valence-corrected chi connectivity index (χ0v) is 17.9. The zero-order chi connectivity index (χ0) is 22.0. The normalized spacial score (nSPS) is 17.9. The third-order valence-corrected chi connectivity index (χ3v) is 5.72. The fourth-order valence-electron chi connectivity index (χ4n) is 3.57. The third-order valence-electron chi connectivity index (χ3n) is 5.42. The van der Waals surface area contributed by atoms with Crippen molar-refractivity contribution in [3.63, 3.8) is 0 Å². The summed E-state index contributed by atoms with van der Waals surface area (Å²) in [5.41, 5.74) is 0.716. The van der Waals surface area contributed by atoms with Crippen LogP contribution in [0, 0.1) is 5.92 Å². The van der Waals surface area contributed by atoms with Crippen LogP contribution in [0.5, 0.6) is 11.5 Å². The second kappa shape index (κ2) is 9.04. The van der Waals surface area contributed by atoms with Gasteiger partial charge in [0, 0.05) is 12.0 Å². The third kappa shape index (κ3) is 4.55. The molecule has 0 aliphatic heterocycles. The molecule has 0 saturated heterocycles. The number of hydrogen-bond donors (Lipinski definition) is 1. The van der Waals surface area contributed by atoms with E-state index in [2.05, 4.69) is 6.58 Å². The minimum absolute atomic E-state index is 0.105. The minimum atomic E-state index is -0.194. The number of rotatable bonds is 8. The van der Waals surface area contributed by atoms with Crippen LogP contribution in [0.25, 0.3) is 22.3 Å². The summed E-state index contributed by atoms with van der Waals surface area (Å²) in [6, 6.07) is 11.8. The molecular formula is C24H23ClO6. The van der Waals surface area contributed by atoms with Gasteiger partial charge < -0.3 is 23.7 Å². The summed E-state index contributed by atoms with van der Waals surface area (Å²) in [4.78, 5) is 12.6. The summed E-state index contributed by atoms with van der Waals surface area (Å²) in [6.07, 6.45) is 1.65. The van der Waals surface area contributed by atoms with Crippen LogP contribution in [0.2, 0.25) is 5.02 Å². The first-order valence-corrected chi connectivity index (χ1v) is 10.4.